The molecular formula is C8H13N3O2S. The first-order chi connectivity index (χ1) is 6.44. The molecule has 5 nitrogen and oxygen atoms in total. The highest BCUT2D eigenvalue weighted by Gasteiger charge is 2.07. The Bertz CT molecular complexity index is 428. The Morgan fingerprint density at radius 1 is 1.43 bits per heavy atom. The van der Waals surface area contributed by atoms with Crippen molar-refractivity contribution in [2.45, 2.75) is 13.5 Å². The van der Waals surface area contributed by atoms with Gasteiger partial charge in [-0.1, -0.05) is 12.1 Å². The van der Waals surface area contributed by atoms with Gasteiger partial charge in [0.1, 0.15) is 0 Å². The van der Waals surface area contributed by atoms with Crippen LogP contribution < -0.4 is 15.6 Å². The summed E-state index contributed by atoms with van der Waals surface area (Å²) in [6.07, 6.45) is 0. The number of nitrogens with one attached hydrogen (secondary N) is 1. The lowest BCUT2D eigenvalue weighted by Crippen LogP contribution is -2.23. The smallest absolute Gasteiger partial charge is 0.296 e. The van der Waals surface area contributed by atoms with Crippen LogP contribution in [0.25, 0.3) is 0 Å². The first-order valence-corrected chi connectivity index (χ1v) is 5.58. The summed E-state index contributed by atoms with van der Waals surface area (Å²) in [5.41, 5.74) is 7.62. The van der Waals surface area contributed by atoms with Gasteiger partial charge < -0.3 is 5.73 Å². The van der Waals surface area contributed by atoms with Gasteiger partial charge in [-0.25, -0.2) is 5.14 Å². The molecule has 1 rings (SSSR count). The molecule has 0 fully saturated rings. The first-order valence-electron chi connectivity index (χ1n) is 4.03. The van der Waals surface area contributed by atoms with E-state index in [-0.39, 0.29) is 6.54 Å². The normalized spacial score (nSPS) is 11.4. The molecular weight excluding hydrogens is 202 g/mol. The third-order valence-corrected chi connectivity index (χ3v) is 2.37. The van der Waals surface area contributed by atoms with Crippen molar-refractivity contribution in [2.75, 3.05) is 4.72 Å². The van der Waals surface area contributed by atoms with E-state index in [2.05, 4.69) is 4.72 Å². The predicted octanol–water partition coefficient (Wildman–Crippen LogP) is 0.0691. The summed E-state index contributed by atoms with van der Waals surface area (Å²) in [6, 6.07) is 5.22. The fourth-order valence-electron chi connectivity index (χ4n) is 1.22. The topological polar surface area (TPSA) is 98.2 Å². The van der Waals surface area contributed by atoms with Gasteiger partial charge in [-0.2, -0.15) is 8.42 Å². The zero-order valence-electron chi connectivity index (χ0n) is 7.82. The predicted molar refractivity (Wildman–Crippen MR) is 55.8 cm³/mol. The van der Waals surface area contributed by atoms with Crippen LogP contribution in [-0.4, -0.2) is 8.42 Å². The van der Waals surface area contributed by atoms with E-state index in [9.17, 15) is 8.42 Å². The van der Waals surface area contributed by atoms with Gasteiger partial charge in [0.15, 0.2) is 0 Å². The van der Waals surface area contributed by atoms with Crippen molar-refractivity contribution in [2.24, 2.45) is 10.9 Å². The Morgan fingerprint density at radius 2 is 2.07 bits per heavy atom. The maximum absolute atomic E-state index is 10.8. The molecule has 0 aliphatic carbocycles. The quantitative estimate of drug-likeness (QED) is 0.665. The molecule has 0 radical (unpaired) electrons. The van der Waals surface area contributed by atoms with E-state index in [0.29, 0.717) is 5.69 Å². The summed E-state index contributed by atoms with van der Waals surface area (Å²) in [5, 5.41) is 4.86. The molecule has 14 heavy (non-hydrogen) atoms. The summed E-state index contributed by atoms with van der Waals surface area (Å²) < 4.78 is 23.8. The van der Waals surface area contributed by atoms with E-state index < -0.39 is 10.2 Å². The highest BCUT2D eigenvalue weighted by atomic mass is 32.2. The van der Waals surface area contributed by atoms with Crippen molar-refractivity contribution < 1.29 is 8.42 Å². The molecule has 0 heterocycles. The van der Waals surface area contributed by atoms with Crippen molar-refractivity contribution in [3.05, 3.63) is 29.3 Å². The number of hydrogen-bond acceptors (Lipinski definition) is 3. The molecule has 5 N–H and O–H groups in total. The molecule has 0 amide bonds. The molecule has 0 spiro atoms. The Hall–Kier alpha value is -1.11. The highest BCUT2D eigenvalue weighted by Crippen LogP contribution is 2.19. The van der Waals surface area contributed by atoms with E-state index in [4.69, 9.17) is 10.9 Å². The molecule has 0 unspecified atom stereocenters. The Kier molecular flexibility index (Phi) is 3.10. The van der Waals surface area contributed by atoms with Gasteiger partial charge in [0, 0.05) is 6.54 Å². The van der Waals surface area contributed by atoms with E-state index in [1.807, 2.05) is 13.0 Å². The minimum absolute atomic E-state index is 0.268. The van der Waals surface area contributed by atoms with Crippen LogP contribution in [0.15, 0.2) is 18.2 Å². The van der Waals surface area contributed by atoms with Gasteiger partial charge >= 0.3 is 0 Å². The van der Waals surface area contributed by atoms with Crippen molar-refractivity contribution in [3.63, 3.8) is 0 Å². The average molecular weight is 215 g/mol. The SMILES string of the molecule is Cc1cccc(NS(N)(=O)=O)c1CN. The van der Waals surface area contributed by atoms with E-state index in [0.717, 1.165) is 11.1 Å². The van der Waals surface area contributed by atoms with Gasteiger partial charge in [0.05, 0.1) is 5.69 Å². The zero-order chi connectivity index (χ0) is 10.8. The molecule has 0 aliphatic heterocycles. The van der Waals surface area contributed by atoms with Crippen LogP contribution in [0.1, 0.15) is 11.1 Å². The number of aryl methyl sites for hydroxylation is 1. The number of rotatable bonds is 3. The summed E-state index contributed by atoms with van der Waals surface area (Å²) in [6.45, 7) is 2.13. The largest absolute Gasteiger partial charge is 0.326 e. The molecule has 78 valence electrons. The number of hydrogen-bond donors (Lipinski definition) is 3. The number of anilines is 1. The zero-order valence-corrected chi connectivity index (χ0v) is 8.64. The minimum atomic E-state index is -3.73. The third-order valence-electron chi connectivity index (χ3n) is 1.87. The van der Waals surface area contributed by atoms with Gasteiger partial charge in [-0.3, -0.25) is 4.72 Å². The highest BCUT2D eigenvalue weighted by molar-refractivity contribution is 7.90. The van der Waals surface area contributed by atoms with Crippen molar-refractivity contribution >= 4 is 15.9 Å². The lowest BCUT2D eigenvalue weighted by molar-refractivity contribution is 0.603. The van der Waals surface area contributed by atoms with E-state index in [1.165, 1.54) is 0 Å². The first kappa shape index (κ1) is 11.0. The molecule has 0 aromatic heterocycles. The van der Waals surface area contributed by atoms with Crippen LogP contribution in [0.5, 0.6) is 0 Å². The lowest BCUT2D eigenvalue weighted by Gasteiger charge is -2.10. The van der Waals surface area contributed by atoms with Gasteiger partial charge in [0.2, 0.25) is 0 Å². The van der Waals surface area contributed by atoms with Crippen molar-refractivity contribution in [1.29, 1.82) is 0 Å². The van der Waals surface area contributed by atoms with Crippen LogP contribution in [0.3, 0.4) is 0 Å². The molecule has 0 aliphatic rings. The fourth-order valence-corrected chi connectivity index (χ4v) is 1.72. The maximum Gasteiger partial charge on any atom is 0.296 e. The van der Waals surface area contributed by atoms with Gasteiger partial charge in [-0.05, 0) is 24.1 Å². The summed E-state index contributed by atoms with van der Waals surface area (Å²) in [4.78, 5) is 0. The second-order valence-corrected chi connectivity index (χ2v) is 4.25. The van der Waals surface area contributed by atoms with Gasteiger partial charge in [-0.15, -0.1) is 0 Å². The monoisotopic (exact) mass is 215 g/mol. The van der Waals surface area contributed by atoms with Gasteiger partial charge in [0.25, 0.3) is 10.2 Å². The molecule has 0 saturated heterocycles. The number of benzene rings is 1. The standard InChI is InChI=1S/C8H13N3O2S/c1-6-3-2-4-8(7(6)5-9)11-14(10,12)13/h2-4,11H,5,9H2,1H3,(H2,10,12,13). The van der Waals surface area contributed by atoms with Crippen LogP contribution in [0.4, 0.5) is 5.69 Å². The molecule has 1 aromatic rings. The molecule has 1 aromatic carbocycles. The second-order valence-electron chi connectivity index (χ2n) is 2.95. The fraction of sp³-hybridized carbons (Fsp3) is 0.250. The van der Waals surface area contributed by atoms with E-state index >= 15 is 0 Å². The minimum Gasteiger partial charge on any atom is -0.326 e. The molecule has 6 heteroatoms. The molecule has 0 bridgehead atoms. The Morgan fingerprint density at radius 3 is 2.57 bits per heavy atom. The molecule has 0 atom stereocenters. The number of nitrogens with two attached hydrogens (primary N) is 2. The van der Waals surface area contributed by atoms with Crippen LogP contribution in [0, 0.1) is 6.92 Å². The summed E-state index contributed by atoms with van der Waals surface area (Å²) in [5.74, 6) is 0. The average Bonchev–Trinajstić information content (AvgIpc) is 2.01. The third kappa shape index (κ3) is 2.69. The lowest BCUT2D eigenvalue weighted by atomic mass is 10.1. The molecule has 0 saturated carbocycles. The van der Waals surface area contributed by atoms with Crippen LogP contribution in [0.2, 0.25) is 0 Å². The second kappa shape index (κ2) is 3.95. The maximum atomic E-state index is 10.8. The summed E-state index contributed by atoms with van der Waals surface area (Å²) >= 11 is 0. The van der Waals surface area contributed by atoms with E-state index in [1.54, 1.807) is 12.1 Å². The van der Waals surface area contributed by atoms with Crippen LogP contribution in [-0.2, 0) is 16.8 Å². The van der Waals surface area contributed by atoms with Crippen LogP contribution >= 0.6 is 0 Å². The van der Waals surface area contributed by atoms with Crippen molar-refractivity contribution in [3.8, 4) is 0 Å². The summed E-state index contributed by atoms with van der Waals surface area (Å²) in [7, 11) is -3.73. The Balaban J connectivity index is 3.15. The Labute approximate surface area is 83.3 Å². The van der Waals surface area contributed by atoms with Crippen molar-refractivity contribution in [1.82, 2.24) is 0 Å².